The number of rotatable bonds is 6. The van der Waals surface area contributed by atoms with E-state index in [1.807, 2.05) is 0 Å². The third-order valence-electron chi connectivity index (χ3n) is 7.59. The summed E-state index contributed by atoms with van der Waals surface area (Å²) in [4.78, 5) is 45.8. The molecule has 45 heavy (non-hydrogen) atoms. The Balaban J connectivity index is 1.90. The number of nitrogen functional groups attached to an aromatic ring is 1. The van der Waals surface area contributed by atoms with Gasteiger partial charge in [0.25, 0.3) is 0 Å². The maximum atomic E-state index is 16.0. The molecule has 2 N–H and O–H groups in total. The number of sulfone groups is 1. The topological polar surface area (TPSA) is 149 Å². The van der Waals surface area contributed by atoms with Gasteiger partial charge in [-0.15, -0.1) is 0 Å². The Kier molecular flexibility index (Phi) is 8.11. The molecule has 232 valence electrons. The fourth-order valence-electron chi connectivity index (χ4n) is 5.70. The van der Waals surface area contributed by atoms with Gasteiger partial charge in [0.15, 0.2) is 21.3 Å². The van der Waals surface area contributed by atoms with Crippen molar-refractivity contribution in [3.05, 3.63) is 88.4 Å². The van der Waals surface area contributed by atoms with Gasteiger partial charge in [-0.05, 0) is 44.2 Å². The lowest BCUT2D eigenvalue weighted by molar-refractivity contribution is -0.127. The Labute approximate surface area is 257 Å². The molecule has 0 aliphatic carbocycles. The predicted molar refractivity (Wildman–Crippen MR) is 165 cm³/mol. The molecule has 1 saturated heterocycles. The van der Waals surface area contributed by atoms with Gasteiger partial charge in [0.1, 0.15) is 23.4 Å². The first-order valence-electron chi connectivity index (χ1n) is 13.6. The molecule has 1 amide bonds. The van der Waals surface area contributed by atoms with Crippen LogP contribution in [0.1, 0.15) is 12.6 Å². The van der Waals surface area contributed by atoms with Crippen molar-refractivity contribution in [3.63, 3.8) is 0 Å². The zero-order valence-electron chi connectivity index (χ0n) is 24.5. The molecule has 0 saturated carbocycles. The molecular weight excluding hydrogens is 606 g/mol. The van der Waals surface area contributed by atoms with Gasteiger partial charge in [0, 0.05) is 37.3 Å². The third kappa shape index (κ3) is 5.48. The van der Waals surface area contributed by atoms with Crippen LogP contribution in [0.5, 0.6) is 0 Å². The summed E-state index contributed by atoms with van der Waals surface area (Å²) in [5.74, 6) is -2.24. The van der Waals surface area contributed by atoms with Crippen molar-refractivity contribution >= 4 is 38.3 Å². The number of nitrogens with zero attached hydrogens (tertiary/aromatic N) is 7. The van der Waals surface area contributed by atoms with E-state index in [1.54, 1.807) is 11.8 Å². The van der Waals surface area contributed by atoms with Crippen molar-refractivity contribution in [2.75, 3.05) is 36.5 Å². The number of hydrogen-bond donors (Lipinski definition) is 1. The Morgan fingerprint density at radius 2 is 1.96 bits per heavy atom. The minimum Gasteiger partial charge on any atom is -0.398 e. The molecular formula is C30H28F2N8O4S. The molecule has 0 spiro atoms. The summed E-state index contributed by atoms with van der Waals surface area (Å²) in [6, 6.07) is 4.84. The van der Waals surface area contributed by atoms with Crippen molar-refractivity contribution in [1.82, 2.24) is 24.4 Å². The number of piperazine rings is 1. The molecule has 3 aromatic heterocycles. The van der Waals surface area contributed by atoms with Crippen LogP contribution in [0.15, 0.2) is 58.9 Å². The van der Waals surface area contributed by atoms with Crippen molar-refractivity contribution in [1.29, 1.82) is 0 Å². The molecule has 0 radical (unpaired) electrons. The van der Waals surface area contributed by atoms with Crippen LogP contribution >= 0.6 is 0 Å². The fraction of sp³-hybridized carbons (Fsp3) is 0.267. The van der Waals surface area contributed by atoms with Gasteiger partial charge in [0.2, 0.25) is 12.5 Å². The molecule has 12 nitrogen and oxygen atoms in total. The minimum atomic E-state index is -3.94. The number of hydrogen-bond acceptors (Lipinski definition) is 9. The van der Waals surface area contributed by atoms with Gasteiger partial charge >= 0.3 is 5.69 Å². The number of aryl methyl sites for hydroxylation is 1. The fourth-order valence-corrected chi connectivity index (χ4v) is 6.60. The summed E-state index contributed by atoms with van der Waals surface area (Å²) in [5, 5.41) is -0.0289. The summed E-state index contributed by atoms with van der Waals surface area (Å²) >= 11 is 0. The number of pyridine rings is 2. The van der Waals surface area contributed by atoms with E-state index in [9.17, 15) is 18.0 Å². The number of nitrogens with two attached hydrogens (primary N) is 1. The zero-order valence-corrected chi connectivity index (χ0v) is 25.3. The highest BCUT2D eigenvalue weighted by Crippen LogP contribution is 2.36. The SMILES string of the molecule is [C-]#[N+]C[C@H]1CN(C(=O)C=C)C[C@H](C)N1c1nc(=O)n(-c2c(S(C)(=O)=O)ccnc2C)c2nc(-c3c(N)cccc3F)c(F)cc12. The maximum absolute atomic E-state index is 16.0. The number of fused-ring (bicyclic) bond motifs is 1. The van der Waals surface area contributed by atoms with Crippen LogP contribution in [-0.4, -0.2) is 76.7 Å². The highest BCUT2D eigenvalue weighted by atomic mass is 32.2. The van der Waals surface area contributed by atoms with E-state index < -0.39 is 44.9 Å². The van der Waals surface area contributed by atoms with Crippen LogP contribution in [-0.2, 0) is 14.6 Å². The van der Waals surface area contributed by atoms with Crippen LogP contribution < -0.4 is 16.3 Å². The molecule has 1 aliphatic heterocycles. The summed E-state index contributed by atoms with van der Waals surface area (Å²) in [5.41, 5.74) is 3.78. The van der Waals surface area contributed by atoms with E-state index in [2.05, 4.69) is 26.4 Å². The van der Waals surface area contributed by atoms with Gasteiger partial charge in [-0.1, -0.05) is 12.6 Å². The van der Waals surface area contributed by atoms with Gasteiger partial charge < -0.3 is 20.4 Å². The number of carbonyl (C=O) groups excluding carboxylic acids is 1. The molecule has 0 bridgehead atoms. The normalized spacial score (nSPS) is 16.9. The van der Waals surface area contributed by atoms with Crippen molar-refractivity contribution in [2.24, 2.45) is 0 Å². The third-order valence-corrected chi connectivity index (χ3v) is 8.72. The number of anilines is 2. The molecule has 4 heterocycles. The van der Waals surface area contributed by atoms with Gasteiger partial charge in [-0.3, -0.25) is 9.78 Å². The summed E-state index contributed by atoms with van der Waals surface area (Å²) in [7, 11) is -3.94. The molecule has 4 aromatic rings. The Hall–Kier alpha value is -5.23. The lowest BCUT2D eigenvalue weighted by Crippen LogP contribution is -2.60. The first-order chi connectivity index (χ1) is 21.3. The monoisotopic (exact) mass is 634 g/mol. The second-order valence-electron chi connectivity index (χ2n) is 10.7. The molecule has 15 heteroatoms. The lowest BCUT2D eigenvalue weighted by Gasteiger charge is -2.44. The van der Waals surface area contributed by atoms with Crippen molar-refractivity contribution in [2.45, 2.75) is 30.8 Å². The van der Waals surface area contributed by atoms with Crippen LogP contribution in [0.4, 0.5) is 20.3 Å². The van der Waals surface area contributed by atoms with Gasteiger partial charge in [0.05, 0.1) is 27.2 Å². The maximum Gasteiger partial charge on any atom is 0.355 e. The Bertz CT molecular complexity index is 2070. The van der Waals surface area contributed by atoms with E-state index in [-0.39, 0.29) is 69.9 Å². The van der Waals surface area contributed by atoms with Crippen LogP contribution in [0.3, 0.4) is 0 Å². The van der Waals surface area contributed by atoms with E-state index in [4.69, 9.17) is 12.3 Å². The highest BCUT2D eigenvalue weighted by molar-refractivity contribution is 7.90. The van der Waals surface area contributed by atoms with Crippen LogP contribution in [0, 0.1) is 25.1 Å². The van der Waals surface area contributed by atoms with Crippen LogP contribution in [0.25, 0.3) is 32.8 Å². The average Bonchev–Trinajstić information content (AvgIpc) is 2.97. The number of carbonyl (C=O) groups is 1. The second kappa shape index (κ2) is 11.7. The number of aromatic nitrogens is 4. The average molecular weight is 635 g/mol. The van der Waals surface area contributed by atoms with Crippen LogP contribution in [0.2, 0.25) is 0 Å². The van der Waals surface area contributed by atoms with Crippen molar-refractivity contribution in [3.8, 4) is 16.9 Å². The van der Waals surface area contributed by atoms with E-state index >= 15 is 8.78 Å². The smallest absolute Gasteiger partial charge is 0.355 e. The highest BCUT2D eigenvalue weighted by Gasteiger charge is 2.38. The molecule has 0 unspecified atom stereocenters. The first kappa shape index (κ1) is 31.2. The Morgan fingerprint density at radius 1 is 1.22 bits per heavy atom. The molecule has 5 rings (SSSR count). The minimum absolute atomic E-state index is 0.0289. The molecule has 1 fully saturated rings. The molecule has 2 atom stereocenters. The van der Waals surface area contributed by atoms with Gasteiger partial charge in [-0.25, -0.2) is 38.1 Å². The van der Waals surface area contributed by atoms with Crippen molar-refractivity contribution < 1.29 is 22.0 Å². The first-order valence-corrected chi connectivity index (χ1v) is 15.5. The molecule has 1 aromatic carbocycles. The summed E-state index contributed by atoms with van der Waals surface area (Å²) in [6.07, 6.45) is 3.39. The van der Waals surface area contributed by atoms with E-state index in [0.29, 0.717) is 0 Å². The lowest BCUT2D eigenvalue weighted by atomic mass is 10.0. The summed E-state index contributed by atoms with van der Waals surface area (Å²) < 4.78 is 57.7. The summed E-state index contributed by atoms with van der Waals surface area (Å²) in [6.45, 7) is 14.5. The Morgan fingerprint density at radius 3 is 2.60 bits per heavy atom. The number of benzene rings is 1. The standard InChI is InChI=1S/C30H28F2N8O4S/c1-6-24(41)38-14-16(2)39(18(15-38)13-34-4)29-19-12-21(32)26(25-20(31)8-7-9-22(25)33)36-28(19)40(30(42)37-29)27-17(3)35-11-10-23(27)45(5,43)44/h6-12,16,18H,1,13-15,33H2,2-3,5H3/t16-,18-/m0/s1. The predicted octanol–water partition coefficient (Wildman–Crippen LogP) is 2.93. The number of halogens is 2. The van der Waals surface area contributed by atoms with E-state index in [1.165, 1.54) is 36.2 Å². The second-order valence-corrected chi connectivity index (χ2v) is 12.6. The van der Waals surface area contributed by atoms with E-state index in [0.717, 1.165) is 29.0 Å². The largest absolute Gasteiger partial charge is 0.398 e. The zero-order chi connectivity index (χ0) is 32.8. The van der Waals surface area contributed by atoms with Gasteiger partial charge in [-0.2, -0.15) is 4.98 Å². The number of amides is 1. The molecule has 1 aliphatic rings. The quantitative estimate of drug-likeness (QED) is 0.192.